The molecule has 2 heterocycles. The predicted octanol–water partition coefficient (Wildman–Crippen LogP) is 3.32. The molecule has 2 aromatic heterocycles. The Morgan fingerprint density at radius 1 is 1.11 bits per heavy atom. The van der Waals surface area contributed by atoms with Crippen LogP contribution in [0.1, 0.15) is 29.9 Å². The van der Waals surface area contributed by atoms with Gasteiger partial charge in [-0.3, -0.25) is 0 Å². The molecular weight excluding hydrogens is 384 g/mol. The fourth-order valence-electron chi connectivity index (χ4n) is 2.61. The van der Waals surface area contributed by atoms with Crippen LogP contribution in [-0.4, -0.2) is 36.9 Å². The van der Waals surface area contributed by atoms with Gasteiger partial charge >= 0.3 is 5.97 Å². The van der Waals surface area contributed by atoms with Crippen molar-refractivity contribution in [1.29, 1.82) is 0 Å². The minimum absolute atomic E-state index is 0.0808. The van der Waals surface area contributed by atoms with Gasteiger partial charge in [-0.25, -0.2) is 13.2 Å². The van der Waals surface area contributed by atoms with E-state index in [2.05, 4.69) is 5.16 Å². The second-order valence-electron chi connectivity index (χ2n) is 5.85. The lowest BCUT2D eigenvalue weighted by Gasteiger charge is -2.18. The van der Waals surface area contributed by atoms with Crippen molar-refractivity contribution in [1.82, 2.24) is 9.46 Å². The molecule has 3 aromatic rings. The predicted molar refractivity (Wildman–Crippen MR) is 99.9 cm³/mol. The Morgan fingerprint density at radius 2 is 1.82 bits per heavy atom. The molecule has 0 aliphatic carbocycles. The van der Waals surface area contributed by atoms with Crippen LogP contribution in [0.25, 0.3) is 11.5 Å². The fraction of sp³-hybridized carbons (Fsp3) is 0.263. The number of carbonyl (C=O) groups excluding carboxylic acids is 1. The number of esters is 1. The number of furan rings is 1. The molecule has 0 fully saturated rings. The van der Waals surface area contributed by atoms with Gasteiger partial charge in [0.15, 0.2) is 5.76 Å². The number of aromatic nitrogens is 1. The molecular formula is C19H20N2O6S. The molecule has 0 atom stereocenters. The molecule has 28 heavy (non-hydrogen) atoms. The summed E-state index contributed by atoms with van der Waals surface area (Å²) in [5, 5.41) is 3.83. The molecule has 0 aliphatic heterocycles. The third kappa shape index (κ3) is 4.15. The van der Waals surface area contributed by atoms with E-state index in [-0.39, 0.29) is 17.1 Å². The Balaban J connectivity index is 1.64. The van der Waals surface area contributed by atoms with E-state index in [4.69, 9.17) is 13.7 Å². The van der Waals surface area contributed by atoms with Crippen molar-refractivity contribution in [3.8, 4) is 11.5 Å². The maximum absolute atomic E-state index is 12.5. The smallest absolute Gasteiger partial charge is 0.338 e. The number of sulfonamides is 1. The number of carbonyl (C=O) groups is 1. The standard InChI is InChI=1S/C19H20N2O6S/c1-3-21(4-2)28(23,24)16-9-7-14(8-10-16)19(22)26-13-15-12-18(27-20-15)17-6-5-11-25-17/h5-12H,3-4,13H2,1-2H3. The summed E-state index contributed by atoms with van der Waals surface area (Å²) in [6, 6.07) is 10.7. The highest BCUT2D eigenvalue weighted by molar-refractivity contribution is 7.89. The Morgan fingerprint density at radius 3 is 2.43 bits per heavy atom. The third-order valence-corrected chi connectivity index (χ3v) is 6.17. The Hall–Kier alpha value is -2.91. The molecule has 0 aliphatic rings. The molecule has 0 N–H and O–H groups in total. The number of hydrogen-bond donors (Lipinski definition) is 0. The first kappa shape index (κ1) is 19.8. The molecule has 0 spiro atoms. The van der Waals surface area contributed by atoms with E-state index in [1.54, 1.807) is 32.0 Å². The first-order valence-electron chi connectivity index (χ1n) is 8.72. The lowest BCUT2D eigenvalue weighted by Crippen LogP contribution is -2.30. The summed E-state index contributed by atoms with van der Waals surface area (Å²) < 4.78 is 41.8. The molecule has 0 radical (unpaired) electrons. The van der Waals surface area contributed by atoms with E-state index in [1.165, 1.54) is 34.8 Å². The Labute approximate surface area is 162 Å². The second kappa shape index (κ2) is 8.41. The van der Waals surface area contributed by atoms with Crippen LogP contribution in [0, 0.1) is 0 Å². The van der Waals surface area contributed by atoms with Crippen LogP contribution in [0.4, 0.5) is 0 Å². The van der Waals surface area contributed by atoms with Gasteiger partial charge in [-0.1, -0.05) is 19.0 Å². The van der Waals surface area contributed by atoms with Gasteiger partial charge in [-0.05, 0) is 36.4 Å². The van der Waals surface area contributed by atoms with Crippen LogP contribution in [0.5, 0.6) is 0 Å². The first-order valence-corrected chi connectivity index (χ1v) is 10.2. The van der Waals surface area contributed by atoms with Gasteiger partial charge in [-0.15, -0.1) is 0 Å². The highest BCUT2D eigenvalue weighted by Crippen LogP contribution is 2.21. The summed E-state index contributed by atoms with van der Waals surface area (Å²) in [7, 11) is -3.57. The van der Waals surface area contributed by atoms with Gasteiger partial charge in [0.2, 0.25) is 15.8 Å². The normalized spacial score (nSPS) is 11.7. The average molecular weight is 404 g/mol. The molecule has 8 nitrogen and oxygen atoms in total. The van der Waals surface area contributed by atoms with Crippen molar-refractivity contribution in [3.63, 3.8) is 0 Å². The zero-order valence-electron chi connectivity index (χ0n) is 15.5. The number of benzene rings is 1. The number of rotatable bonds is 8. The van der Waals surface area contributed by atoms with E-state index in [0.29, 0.717) is 30.3 Å². The summed E-state index contributed by atoms with van der Waals surface area (Å²) in [6.45, 7) is 4.21. The molecule has 0 bridgehead atoms. The lowest BCUT2D eigenvalue weighted by molar-refractivity contribution is 0.0464. The van der Waals surface area contributed by atoms with Crippen LogP contribution in [0.15, 0.2) is 62.6 Å². The van der Waals surface area contributed by atoms with Crippen LogP contribution >= 0.6 is 0 Å². The topological polar surface area (TPSA) is 103 Å². The number of nitrogens with zero attached hydrogens (tertiary/aromatic N) is 2. The number of hydrogen-bond acceptors (Lipinski definition) is 7. The van der Waals surface area contributed by atoms with Gasteiger partial charge in [0, 0.05) is 19.2 Å². The maximum Gasteiger partial charge on any atom is 0.338 e. The van der Waals surface area contributed by atoms with Gasteiger partial charge in [0.05, 0.1) is 16.7 Å². The third-order valence-electron chi connectivity index (χ3n) is 4.11. The summed E-state index contributed by atoms with van der Waals surface area (Å²) in [4.78, 5) is 12.3. The quantitative estimate of drug-likeness (QED) is 0.531. The van der Waals surface area contributed by atoms with Crippen LogP contribution in [0.3, 0.4) is 0 Å². The minimum atomic E-state index is -3.57. The van der Waals surface area contributed by atoms with Gasteiger partial charge in [0.1, 0.15) is 12.3 Å². The van der Waals surface area contributed by atoms with Crippen LogP contribution in [-0.2, 0) is 21.4 Å². The molecule has 0 saturated heterocycles. The van der Waals surface area contributed by atoms with Crippen LogP contribution in [0.2, 0.25) is 0 Å². The molecule has 0 unspecified atom stereocenters. The maximum atomic E-state index is 12.5. The zero-order valence-corrected chi connectivity index (χ0v) is 16.3. The van der Waals surface area contributed by atoms with Gasteiger partial charge < -0.3 is 13.7 Å². The molecule has 1 aromatic carbocycles. The average Bonchev–Trinajstić information content (AvgIpc) is 3.38. The van der Waals surface area contributed by atoms with Crippen molar-refractivity contribution >= 4 is 16.0 Å². The molecule has 148 valence electrons. The molecule has 0 saturated carbocycles. The SMILES string of the molecule is CCN(CC)S(=O)(=O)c1ccc(C(=O)OCc2cc(-c3ccco3)on2)cc1. The Bertz CT molecular complexity index is 1020. The van der Waals surface area contributed by atoms with E-state index >= 15 is 0 Å². The van der Waals surface area contributed by atoms with Gasteiger partial charge in [0.25, 0.3) is 0 Å². The molecule has 9 heteroatoms. The first-order chi connectivity index (χ1) is 13.5. The molecule has 0 amide bonds. The van der Waals surface area contributed by atoms with E-state index in [9.17, 15) is 13.2 Å². The zero-order chi connectivity index (χ0) is 20.1. The summed E-state index contributed by atoms with van der Waals surface area (Å²) in [5.74, 6) is 0.367. The summed E-state index contributed by atoms with van der Waals surface area (Å²) in [5.41, 5.74) is 0.675. The van der Waals surface area contributed by atoms with Gasteiger partial charge in [-0.2, -0.15) is 4.31 Å². The van der Waals surface area contributed by atoms with Crippen molar-refractivity contribution in [2.24, 2.45) is 0 Å². The highest BCUT2D eigenvalue weighted by atomic mass is 32.2. The van der Waals surface area contributed by atoms with E-state index in [1.807, 2.05) is 0 Å². The Kier molecular flexibility index (Phi) is 5.96. The van der Waals surface area contributed by atoms with E-state index < -0.39 is 16.0 Å². The monoisotopic (exact) mass is 404 g/mol. The fourth-order valence-corrected chi connectivity index (χ4v) is 4.07. The highest BCUT2D eigenvalue weighted by Gasteiger charge is 2.22. The summed E-state index contributed by atoms with van der Waals surface area (Å²) >= 11 is 0. The summed E-state index contributed by atoms with van der Waals surface area (Å²) in [6.07, 6.45) is 1.52. The van der Waals surface area contributed by atoms with Crippen molar-refractivity contribution < 1.29 is 26.9 Å². The minimum Gasteiger partial charge on any atom is -0.461 e. The van der Waals surface area contributed by atoms with Crippen molar-refractivity contribution in [2.45, 2.75) is 25.3 Å². The largest absolute Gasteiger partial charge is 0.461 e. The lowest BCUT2D eigenvalue weighted by atomic mass is 10.2. The second-order valence-corrected chi connectivity index (χ2v) is 7.79. The molecule has 3 rings (SSSR count). The van der Waals surface area contributed by atoms with E-state index in [0.717, 1.165) is 0 Å². The number of ether oxygens (including phenoxy) is 1. The van der Waals surface area contributed by atoms with Crippen molar-refractivity contribution in [3.05, 3.63) is 60.0 Å². The van der Waals surface area contributed by atoms with Crippen molar-refractivity contribution in [2.75, 3.05) is 13.1 Å². The van der Waals surface area contributed by atoms with Crippen LogP contribution < -0.4 is 0 Å².